The average Bonchev–Trinajstić information content (AvgIpc) is 2.88. The SMILES string of the molecule is CN(CCC(CCN1CCC(O)(c2ccccc2)CC1)c1ccc(Cl)c(Cl)c1)c1ccc(Cl)cc1. The molecule has 0 amide bonds. The number of nitrogens with zero attached hydrogens (tertiary/aromatic N) is 2. The van der Waals surface area contributed by atoms with Gasteiger partial charge in [-0.25, -0.2) is 0 Å². The van der Waals surface area contributed by atoms with Crippen molar-refractivity contribution in [2.45, 2.75) is 37.2 Å². The van der Waals surface area contributed by atoms with Gasteiger partial charge in [0.1, 0.15) is 0 Å². The molecule has 6 heteroatoms. The van der Waals surface area contributed by atoms with E-state index in [-0.39, 0.29) is 0 Å². The molecular weight excluding hydrogens is 499 g/mol. The quantitative estimate of drug-likeness (QED) is 0.307. The van der Waals surface area contributed by atoms with Crippen molar-refractivity contribution < 1.29 is 5.11 Å². The Kier molecular flexibility index (Phi) is 9.02. The fourth-order valence-electron chi connectivity index (χ4n) is 4.94. The molecule has 1 atom stereocenters. The molecule has 1 heterocycles. The molecule has 1 fully saturated rings. The summed E-state index contributed by atoms with van der Waals surface area (Å²) in [6, 6.07) is 24.0. The first-order valence-electron chi connectivity index (χ1n) is 12.3. The Hall–Kier alpha value is -1.75. The number of halogens is 3. The fourth-order valence-corrected chi connectivity index (χ4v) is 5.37. The van der Waals surface area contributed by atoms with Crippen LogP contribution in [0.1, 0.15) is 42.7 Å². The zero-order valence-electron chi connectivity index (χ0n) is 20.1. The predicted octanol–water partition coefficient (Wildman–Crippen LogP) is 7.63. The highest BCUT2D eigenvalue weighted by atomic mass is 35.5. The molecule has 186 valence electrons. The van der Waals surface area contributed by atoms with Crippen molar-refractivity contribution in [3.8, 4) is 0 Å². The molecule has 0 bridgehead atoms. The van der Waals surface area contributed by atoms with Gasteiger partial charge in [0.2, 0.25) is 0 Å². The number of anilines is 1. The van der Waals surface area contributed by atoms with Gasteiger partial charge in [-0.2, -0.15) is 0 Å². The van der Waals surface area contributed by atoms with Gasteiger partial charge in [0.05, 0.1) is 15.6 Å². The van der Waals surface area contributed by atoms with Crippen LogP contribution in [0.25, 0.3) is 0 Å². The first-order valence-corrected chi connectivity index (χ1v) is 13.4. The number of benzene rings is 3. The van der Waals surface area contributed by atoms with Crippen molar-refractivity contribution in [3.63, 3.8) is 0 Å². The summed E-state index contributed by atoms with van der Waals surface area (Å²) in [5.74, 6) is 0.356. The normalized spacial score (nSPS) is 16.7. The van der Waals surface area contributed by atoms with E-state index in [4.69, 9.17) is 34.8 Å². The van der Waals surface area contributed by atoms with Crippen molar-refractivity contribution in [2.75, 3.05) is 38.1 Å². The third-order valence-corrected chi connectivity index (χ3v) is 8.27. The van der Waals surface area contributed by atoms with Crippen LogP contribution in [0.3, 0.4) is 0 Å². The highest BCUT2D eigenvalue weighted by Crippen LogP contribution is 2.34. The van der Waals surface area contributed by atoms with Crippen molar-refractivity contribution >= 4 is 40.5 Å². The third kappa shape index (κ3) is 6.93. The van der Waals surface area contributed by atoms with E-state index in [1.807, 2.05) is 54.6 Å². The monoisotopic (exact) mass is 530 g/mol. The Balaban J connectivity index is 1.38. The molecule has 1 unspecified atom stereocenters. The topological polar surface area (TPSA) is 26.7 Å². The molecular formula is C29H33Cl3N2O. The summed E-state index contributed by atoms with van der Waals surface area (Å²) in [5, 5.41) is 13.1. The number of likely N-dealkylation sites (tertiary alicyclic amines) is 1. The summed E-state index contributed by atoms with van der Waals surface area (Å²) in [6.07, 6.45) is 3.54. The van der Waals surface area contributed by atoms with E-state index in [0.29, 0.717) is 16.0 Å². The van der Waals surface area contributed by atoms with Crippen molar-refractivity contribution in [1.29, 1.82) is 0 Å². The molecule has 3 aromatic rings. The Morgan fingerprint density at radius 3 is 2.23 bits per heavy atom. The van der Waals surface area contributed by atoms with Gasteiger partial charge in [-0.3, -0.25) is 0 Å². The Morgan fingerprint density at radius 2 is 1.57 bits per heavy atom. The molecule has 0 aromatic heterocycles. The average molecular weight is 532 g/mol. The van der Waals surface area contributed by atoms with E-state index < -0.39 is 5.60 Å². The second-order valence-electron chi connectivity index (χ2n) is 9.59. The summed E-state index contributed by atoms with van der Waals surface area (Å²) in [6.45, 7) is 3.69. The van der Waals surface area contributed by atoms with Gasteiger partial charge in [0.15, 0.2) is 0 Å². The maximum absolute atomic E-state index is 11.2. The summed E-state index contributed by atoms with van der Waals surface area (Å²) in [7, 11) is 2.12. The molecule has 0 spiro atoms. The van der Waals surface area contributed by atoms with Gasteiger partial charge >= 0.3 is 0 Å². The zero-order valence-corrected chi connectivity index (χ0v) is 22.4. The predicted molar refractivity (Wildman–Crippen MR) is 149 cm³/mol. The summed E-state index contributed by atoms with van der Waals surface area (Å²) in [5.41, 5.74) is 2.68. The zero-order chi connectivity index (χ0) is 24.8. The molecule has 4 rings (SSSR count). The number of hydrogen-bond donors (Lipinski definition) is 1. The second kappa shape index (κ2) is 12.0. The van der Waals surface area contributed by atoms with Crippen LogP contribution in [-0.2, 0) is 5.60 Å². The van der Waals surface area contributed by atoms with Gasteiger partial charge < -0.3 is 14.9 Å². The van der Waals surface area contributed by atoms with E-state index in [2.05, 4.69) is 35.0 Å². The van der Waals surface area contributed by atoms with E-state index in [1.54, 1.807) is 0 Å². The van der Waals surface area contributed by atoms with E-state index in [1.165, 1.54) is 5.56 Å². The van der Waals surface area contributed by atoms with Crippen LogP contribution in [0, 0.1) is 0 Å². The summed E-state index contributed by atoms with van der Waals surface area (Å²) in [4.78, 5) is 4.74. The summed E-state index contributed by atoms with van der Waals surface area (Å²) < 4.78 is 0. The van der Waals surface area contributed by atoms with Crippen LogP contribution in [-0.4, -0.2) is 43.2 Å². The van der Waals surface area contributed by atoms with Gasteiger partial charge in [-0.1, -0.05) is 71.2 Å². The minimum Gasteiger partial charge on any atom is -0.385 e. The smallest absolute Gasteiger partial charge is 0.0920 e. The lowest BCUT2D eigenvalue weighted by Gasteiger charge is -2.39. The molecule has 0 saturated carbocycles. The van der Waals surface area contributed by atoms with Crippen LogP contribution < -0.4 is 4.90 Å². The van der Waals surface area contributed by atoms with Gasteiger partial charge in [-0.15, -0.1) is 0 Å². The lowest BCUT2D eigenvalue weighted by Crippen LogP contribution is -2.43. The van der Waals surface area contributed by atoms with Crippen LogP contribution in [0.5, 0.6) is 0 Å². The number of piperidine rings is 1. The highest BCUT2D eigenvalue weighted by molar-refractivity contribution is 6.42. The van der Waals surface area contributed by atoms with Crippen LogP contribution in [0.4, 0.5) is 5.69 Å². The number of aliphatic hydroxyl groups is 1. The van der Waals surface area contributed by atoms with E-state index in [9.17, 15) is 5.11 Å². The maximum atomic E-state index is 11.2. The Labute approximate surface area is 224 Å². The molecule has 3 aromatic carbocycles. The lowest BCUT2D eigenvalue weighted by molar-refractivity contribution is -0.0263. The Bertz CT molecular complexity index is 1080. The summed E-state index contributed by atoms with van der Waals surface area (Å²) >= 11 is 18.6. The standard InChI is InChI=1S/C29H33Cl3N2O/c1-33(26-10-8-25(30)9-11-26)17-13-22(23-7-12-27(31)28(32)21-23)14-18-34-19-15-29(35,16-20-34)24-5-3-2-4-6-24/h2-12,21-22,35H,13-20H2,1H3. The van der Waals surface area contributed by atoms with Gasteiger partial charge in [-0.05, 0) is 85.7 Å². The Morgan fingerprint density at radius 1 is 0.886 bits per heavy atom. The molecule has 0 aliphatic carbocycles. The second-order valence-corrected chi connectivity index (χ2v) is 10.8. The largest absolute Gasteiger partial charge is 0.385 e. The first-order chi connectivity index (χ1) is 16.8. The van der Waals surface area contributed by atoms with Crippen LogP contribution in [0.2, 0.25) is 15.1 Å². The molecule has 1 N–H and O–H groups in total. The molecule has 35 heavy (non-hydrogen) atoms. The van der Waals surface area contributed by atoms with Crippen molar-refractivity contribution in [2.24, 2.45) is 0 Å². The molecule has 0 radical (unpaired) electrons. The minimum atomic E-state index is -0.720. The van der Waals surface area contributed by atoms with Crippen molar-refractivity contribution in [3.05, 3.63) is 99.0 Å². The molecule has 1 aliphatic rings. The van der Waals surface area contributed by atoms with E-state index >= 15 is 0 Å². The number of rotatable bonds is 9. The van der Waals surface area contributed by atoms with E-state index in [0.717, 1.165) is 68.1 Å². The van der Waals surface area contributed by atoms with Gasteiger partial charge in [0.25, 0.3) is 0 Å². The minimum absolute atomic E-state index is 0.356. The van der Waals surface area contributed by atoms with Crippen molar-refractivity contribution in [1.82, 2.24) is 4.90 Å². The highest BCUT2D eigenvalue weighted by Gasteiger charge is 2.33. The lowest BCUT2D eigenvalue weighted by atomic mass is 9.84. The van der Waals surface area contributed by atoms with Crippen LogP contribution >= 0.6 is 34.8 Å². The number of hydrogen-bond acceptors (Lipinski definition) is 3. The molecule has 1 aliphatic heterocycles. The third-order valence-electron chi connectivity index (χ3n) is 7.28. The molecule has 1 saturated heterocycles. The maximum Gasteiger partial charge on any atom is 0.0920 e. The fraction of sp³-hybridized carbons (Fsp3) is 0.379. The van der Waals surface area contributed by atoms with Gasteiger partial charge in [0, 0.05) is 37.4 Å². The van der Waals surface area contributed by atoms with Crippen LogP contribution in [0.15, 0.2) is 72.8 Å². The first kappa shape index (κ1) is 26.3. The molecule has 3 nitrogen and oxygen atoms in total.